The number of nitrogens with one attached hydrogen (secondary N) is 1. The second-order valence-electron chi connectivity index (χ2n) is 4.92. The molecular formula is C14H13BrN2O4. The molecule has 1 fully saturated rings. The summed E-state index contributed by atoms with van der Waals surface area (Å²) in [6, 6.07) is 4.71. The molecule has 1 aliphatic rings. The molecule has 1 aromatic carbocycles. The number of nitrogens with zero attached hydrogens (tertiary/aromatic N) is 1. The van der Waals surface area contributed by atoms with Crippen molar-refractivity contribution in [3.05, 3.63) is 28.9 Å². The van der Waals surface area contributed by atoms with Crippen LogP contribution in [-0.2, 0) is 4.79 Å². The Morgan fingerprint density at radius 1 is 1.43 bits per heavy atom. The summed E-state index contributed by atoms with van der Waals surface area (Å²) in [5, 5.41) is 12.7. The van der Waals surface area contributed by atoms with Crippen LogP contribution in [0, 0.1) is 0 Å². The Hall–Kier alpha value is -2.02. The van der Waals surface area contributed by atoms with Gasteiger partial charge in [-0.25, -0.2) is 4.79 Å². The first kappa shape index (κ1) is 13.9. The molecule has 0 aliphatic carbocycles. The summed E-state index contributed by atoms with van der Waals surface area (Å²) in [6.45, 7) is 0.401. The predicted molar refractivity (Wildman–Crippen MR) is 80.3 cm³/mol. The first-order chi connectivity index (χ1) is 10.1. The monoisotopic (exact) mass is 352 g/mol. The Balaban J connectivity index is 1.81. The lowest BCUT2D eigenvalue weighted by molar-refractivity contribution is -0.119. The van der Waals surface area contributed by atoms with Crippen LogP contribution in [0.2, 0.25) is 0 Å². The molecule has 2 amide bonds. The third-order valence-corrected chi connectivity index (χ3v) is 4.16. The van der Waals surface area contributed by atoms with Crippen molar-refractivity contribution in [1.82, 2.24) is 4.90 Å². The Bertz CT molecular complexity index is 712. The quantitative estimate of drug-likeness (QED) is 0.868. The second-order valence-corrected chi connectivity index (χ2v) is 5.77. The van der Waals surface area contributed by atoms with E-state index in [0.717, 1.165) is 9.86 Å². The highest BCUT2D eigenvalue weighted by Gasteiger charge is 2.34. The Morgan fingerprint density at radius 2 is 2.24 bits per heavy atom. The summed E-state index contributed by atoms with van der Waals surface area (Å²) < 4.78 is 6.05. The third kappa shape index (κ3) is 2.61. The first-order valence-corrected chi connectivity index (χ1v) is 7.33. The predicted octanol–water partition coefficient (Wildman–Crippen LogP) is 3.28. The van der Waals surface area contributed by atoms with Crippen LogP contribution in [0.3, 0.4) is 0 Å². The molecule has 1 aromatic heterocycles. The molecule has 1 saturated heterocycles. The molecule has 6 nitrogen and oxygen atoms in total. The number of hydrogen-bond donors (Lipinski definition) is 2. The topological polar surface area (TPSA) is 82.8 Å². The van der Waals surface area contributed by atoms with E-state index in [0.29, 0.717) is 30.7 Å². The van der Waals surface area contributed by atoms with Gasteiger partial charge in [-0.15, -0.1) is 0 Å². The number of rotatable bonds is 2. The van der Waals surface area contributed by atoms with Gasteiger partial charge in [-0.1, -0.05) is 0 Å². The summed E-state index contributed by atoms with van der Waals surface area (Å²) in [7, 11) is 0. The number of anilines is 1. The molecule has 2 N–H and O–H groups in total. The average molecular weight is 353 g/mol. The van der Waals surface area contributed by atoms with E-state index in [1.807, 2.05) is 0 Å². The van der Waals surface area contributed by atoms with Gasteiger partial charge in [-0.2, -0.15) is 0 Å². The minimum Gasteiger partial charge on any atom is -0.465 e. The van der Waals surface area contributed by atoms with Crippen LogP contribution in [0.25, 0.3) is 11.0 Å². The summed E-state index contributed by atoms with van der Waals surface area (Å²) in [6.07, 6.45) is 1.77. The number of benzene rings is 1. The van der Waals surface area contributed by atoms with E-state index in [2.05, 4.69) is 21.2 Å². The number of likely N-dealkylation sites (tertiary alicyclic amines) is 1. The van der Waals surface area contributed by atoms with Gasteiger partial charge in [0.15, 0.2) is 0 Å². The standard InChI is InChI=1S/C14H13BrN2O4/c15-10-7-9(6-8-3-5-21-12(8)10)16-13(18)11-2-1-4-17(11)14(19)20/h3,5-7,11H,1-2,4H2,(H,16,18)(H,19,20)/t11-/m1/s1. The molecule has 21 heavy (non-hydrogen) atoms. The minimum atomic E-state index is -1.06. The number of carboxylic acid groups (broad SMARTS) is 1. The second kappa shape index (κ2) is 5.40. The van der Waals surface area contributed by atoms with Crippen LogP contribution in [-0.4, -0.2) is 34.6 Å². The average Bonchev–Trinajstić information content (AvgIpc) is 3.07. The lowest BCUT2D eigenvalue weighted by Gasteiger charge is -2.20. The largest absolute Gasteiger partial charge is 0.465 e. The molecule has 1 aliphatic heterocycles. The zero-order chi connectivity index (χ0) is 15.0. The summed E-state index contributed by atoms with van der Waals surface area (Å²) in [5.74, 6) is -0.301. The van der Waals surface area contributed by atoms with Gasteiger partial charge in [0.2, 0.25) is 5.91 Å². The van der Waals surface area contributed by atoms with E-state index >= 15 is 0 Å². The number of carbonyl (C=O) groups excluding carboxylic acids is 1. The van der Waals surface area contributed by atoms with E-state index in [4.69, 9.17) is 9.52 Å². The molecule has 110 valence electrons. The van der Waals surface area contributed by atoms with Crippen molar-refractivity contribution in [2.45, 2.75) is 18.9 Å². The fourth-order valence-electron chi connectivity index (χ4n) is 2.60. The van der Waals surface area contributed by atoms with Crippen molar-refractivity contribution in [3.63, 3.8) is 0 Å². The molecule has 0 radical (unpaired) electrons. The van der Waals surface area contributed by atoms with Crippen molar-refractivity contribution in [3.8, 4) is 0 Å². The van der Waals surface area contributed by atoms with Crippen molar-refractivity contribution in [2.24, 2.45) is 0 Å². The van der Waals surface area contributed by atoms with Gasteiger partial charge in [0.25, 0.3) is 0 Å². The zero-order valence-corrected chi connectivity index (χ0v) is 12.6. The van der Waals surface area contributed by atoms with E-state index < -0.39 is 12.1 Å². The Kier molecular flexibility index (Phi) is 3.59. The van der Waals surface area contributed by atoms with Gasteiger partial charge >= 0.3 is 6.09 Å². The van der Waals surface area contributed by atoms with Crippen molar-refractivity contribution in [1.29, 1.82) is 0 Å². The third-order valence-electron chi connectivity index (χ3n) is 3.57. The molecule has 0 spiro atoms. The lowest BCUT2D eigenvalue weighted by Crippen LogP contribution is -2.42. The normalized spacial score (nSPS) is 18.1. The van der Waals surface area contributed by atoms with E-state index in [1.54, 1.807) is 24.5 Å². The van der Waals surface area contributed by atoms with Crippen molar-refractivity contribution < 1.29 is 19.1 Å². The summed E-state index contributed by atoms with van der Waals surface area (Å²) in [5.41, 5.74) is 1.32. The number of amides is 2. The molecular weight excluding hydrogens is 340 g/mol. The number of carbonyl (C=O) groups is 2. The number of fused-ring (bicyclic) bond motifs is 1. The molecule has 7 heteroatoms. The van der Waals surface area contributed by atoms with Crippen LogP contribution in [0.15, 0.2) is 33.4 Å². The number of halogens is 1. The highest BCUT2D eigenvalue weighted by Crippen LogP contribution is 2.29. The van der Waals surface area contributed by atoms with Gasteiger partial charge in [0.1, 0.15) is 11.6 Å². The number of hydrogen-bond acceptors (Lipinski definition) is 3. The van der Waals surface area contributed by atoms with Gasteiger partial charge in [0.05, 0.1) is 10.7 Å². The van der Waals surface area contributed by atoms with Crippen LogP contribution in [0.4, 0.5) is 10.5 Å². The maximum absolute atomic E-state index is 12.3. The molecule has 0 bridgehead atoms. The molecule has 2 heterocycles. The van der Waals surface area contributed by atoms with Crippen LogP contribution >= 0.6 is 15.9 Å². The van der Waals surface area contributed by atoms with Gasteiger partial charge in [0, 0.05) is 17.6 Å². The highest BCUT2D eigenvalue weighted by molar-refractivity contribution is 9.10. The molecule has 1 atom stereocenters. The fourth-order valence-corrected chi connectivity index (χ4v) is 3.17. The van der Waals surface area contributed by atoms with Gasteiger partial charge < -0.3 is 14.8 Å². The van der Waals surface area contributed by atoms with Crippen LogP contribution in [0.5, 0.6) is 0 Å². The maximum Gasteiger partial charge on any atom is 0.407 e. The van der Waals surface area contributed by atoms with Crippen LogP contribution < -0.4 is 5.32 Å². The lowest BCUT2D eigenvalue weighted by atomic mass is 10.2. The Labute approximate surface area is 128 Å². The van der Waals surface area contributed by atoms with Gasteiger partial charge in [-0.3, -0.25) is 9.69 Å². The van der Waals surface area contributed by atoms with Crippen LogP contribution in [0.1, 0.15) is 12.8 Å². The molecule has 0 unspecified atom stereocenters. The zero-order valence-electron chi connectivity index (χ0n) is 11.0. The number of furan rings is 1. The SMILES string of the molecule is O=C(Nc1cc(Br)c2occc2c1)[C@H]1CCCN1C(=O)O. The summed E-state index contributed by atoms with van der Waals surface area (Å²) >= 11 is 3.39. The molecule has 0 saturated carbocycles. The van der Waals surface area contributed by atoms with E-state index in [-0.39, 0.29) is 5.91 Å². The highest BCUT2D eigenvalue weighted by atomic mass is 79.9. The molecule has 3 rings (SSSR count). The maximum atomic E-state index is 12.3. The molecule has 2 aromatic rings. The van der Waals surface area contributed by atoms with Crippen molar-refractivity contribution in [2.75, 3.05) is 11.9 Å². The van der Waals surface area contributed by atoms with E-state index in [1.165, 1.54) is 4.90 Å². The smallest absolute Gasteiger partial charge is 0.407 e. The first-order valence-electron chi connectivity index (χ1n) is 6.53. The fraction of sp³-hybridized carbons (Fsp3) is 0.286. The minimum absolute atomic E-state index is 0.301. The van der Waals surface area contributed by atoms with E-state index in [9.17, 15) is 9.59 Å². The summed E-state index contributed by atoms with van der Waals surface area (Å²) in [4.78, 5) is 24.5. The van der Waals surface area contributed by atoms with Gasteiger partial charge in [-0.05, 0) is 47.0 Å². The van der Waals surface area contributed by atoms with Crippen molar-refractivity contribution >= 4 is 44.6 Å². The Morgan fingerprint density at radius 3 is 3.00 bits per heavy atom.